The van der Waals surface area contributed by atoms with Gasteiger partial charge in [0.05, 0.1) is 7.11 Å². The molecule has 174 valence electrons. The first-order valence-corrected chi connectivity index (χ1v) is 13.0. The third kappa shape index (κ3) is 8.27. The van der Waals surface area contributed by atoms with Gasteiger partial charge in [0.25, 0.3) is 5.91 Å². The molecule has 2 aromatic carbocycles. The van der Waals surface area contributed by atoms with E-state index in [4.69, 9.17) is 9.47 Å². The Balaban J connectivity index is 1.96. The molecule has 0 unspecified atom stereocenters. The number of carbonyl (C=O) groups excluding carboxylic acids is 3. The van der Waals surface area contributed by atoms with E-state index in [9.17, 15) is 14.4 Å². The lowest BCUT2D eigenvalue weighted by molar-refractivity contribution is -0.145. The third-order valence-electron chi connectivity index (χ3n) is 4.77. The third-order valence-corrected chi connectivity index (χ3v) is 6.05. The Bertz CT molecular complexity index is 909. The van der Waals surface area contributed by atoms with Gasteiger partial charge in [0, 0.05) is 0 Å². The Morgan fingerprint density at radius 1 is 0.906 bits per heavy atom. The maximum absolute atomic E-state index is 12.8. The number of nitrogens with one attached hydrogen (secondary N) is 2. The molecule has 0 aliphatic carbocycles. The van der Waals surface area contributed by atoms with Crippen LogP contribution in [0.1, 0.15) is 12.8 Å². The predicted octanol–water partition coefficient (Wildman–Crippen LogP) is 2.87. The fourth-order valence-corrected chi connectivity index (χ4v) is 3.99. The van der Waals surface area contributed by atoms with E-state index < -0.39 is 29.9 Å². The van der Waals surface area contributed by atoms with Crippen molar-refractivity contribution in [2.45, 2.75) is 24.9 Å². The second-order valence-corrected chi connectivity index (χ2v) is 9.04. The van der Waals surface area contributed by atoms with E-state index in [1.807, 2.05) is 48.9 Å². The van der Waals surface area contributed by atoms with Crippen LogP contribution in [0.4, 0.5) is 0 Å². The highest BCUT2D eigenvalue weighted by atomic mass is 32.2. The van der Waals surface area contributed by atoms with Crippen molar-refractivity contribution < 1.29 is 23.9 Å². The molecule has 0 aromatic heterocycles. The van der Waals surface area contributed by atoms with Crippen LogP contribution in [0.5, 0.6) is 5.75 Å². The van der Waals surface area contributed by atoms with Crippen LogP contribution >= 0.6 is 23.5 Å². The van der Waals surface area contributed by atoms with E-state index in [-0.39, 0.29) is 6.61 Å². The monoisotopic (exact) mass is 478 g/mol. The number of carbonyl (C=O) groups is 3. The smallest absolute Gasteiger partial charge is 0.328 e. The summed E-state index contributed by atoms with van der Waals surface area (Å²) < 4.78 is 10.4. The van der Waals surface area contributed by atoms with Crippen molar-refractivity contribution in [1.29, 1.82) is 0 Å². The first-order valence-electron chi connectivity index (χ1n) is 10.3. The van der Waals surface area contributed by atoms with Gasteiger partial charge >= 0.3 is 5.97 Å². The number of hydrogen-bond acceptors (Lipinski definition) is 7. The molecule has 0 saturated carbocycles. The quantitative estimate of drug-likeness (QED) is 0.428. The lowest BCUT2D eigenvalue weighted by atomic mass is 10.1. The highest BCUT2D eigenvalue weighted by molar-refractivity contribution is 7.98. The van der Waals surface area contributed by atoms with Gasteiger partial charge in [-0.05, 0) is 59.8 Å². The summed E-state index contributed by atoms with van der Waals surface area (Å²) in [4.78, 5) is 37.3. The SMILES string of the molecule is COC(=O)[C@H](CCSC)NC(=O)[C@H](CCSC)NC(=O)COc1ccc2ccccc2c1. The van der Waals surface area contributed by atoms with Crippen LogP contribution in [-0.2, 0) is 19.1 Å². The van der Waals surface area contributed by atoms with Crippen LogP contribution in [0.15, 0.2) is 42.5 Å². The average Bonchev–Trinajstić information content (AvgIpc) is 2.82. The van der Waals surface area contributed by atoms with Crippen molar-refractivity contribution in [3.05, 3.63) is 42.5 Å². The molecular formula is C23H30N2O5S2. The fourth-order valence-electron chi connectivity index (χ4n) is 3.05. The summed E-state index contributed by atoms with van der Waals surface area (Å²) in [5.41, 5.74) is 0. The first-order chi connectivity index (χ1) is 15.5. The minimum Gasteiger partial charge on any atom is -0.484 e. The second-order valence-electron chi connectivity index (χ2n) is 7.07. The summed E-state index contributed by atoms with van der Waals surface area (Å²) >= 11 is 3.15. The standard InChI is InChI=1S/C23H30N2O5S2/c1-29-23(28)20(11-13-32-3)25-22(27)19(10-12-31-2)24-21(26)15-30-18-9-8-16-6-4-5-7-17(16)14-18/h4-9,14,19-20H,10-13,15H2,1-3H3,(H,24,26)(H,25,27)/t19-,20-/m0/s1. The average molecular weight is 479 g/mol. The number of amides is 2. The topological polar surface area (TPSA) is 93.7 Å². The van der Waals surface area contributed by atoms with Gasteiger partial charge in [0.1, 0.15) is 17.8 Å². The second kappa shape index (κ2) is 13.9. The largest absolute Gasteiger partial charge is 0.484 e. The molecule has 2 rings (SSSR count). The van der Waals surface area contributed by atoms with Gasteiger partial charge in [-0.25, -0.2) is 4.79 Å². The number of rotatable bonds is 13. The van der Waals surface area contributed by atoms with Gasteiger partial charge in [-0.3, -0.25) is 9.59 Å². The molecule has 0 spiro atoms. The summed E-state index contributed by atoms with van der Waals surface area (Å²) in [5.74, 6) is 0.639. The van der Waals surface area contributed by atoms with E-state index in [1.165, 1.54) is 7.11 Å². The molecule has 0 fully saturated rings. The van der Waals surface area contributed by atoms with E-state index in [2.05, 4.69) is 10.6 Å². The summed E-state index contributed by atoms with van der Waals surface area (Å²) in [7, 11) is 1.29. The first kappa shape index (κ1) is 25.9. The highest BCUT2D eigenvalue weighted by Gasteiger charge is 2.27. The molecule has 2 atom stereocenters. The molecule has 9 heteroatoms. The van der Waals surface area contributed by atoms with Gasteiger partial charge in [0.15, 0.2) is 6.61 Å². The summed E-state index contributed by atoms with van der Waals surface area (Å²) in [6.07, 6.45) is 4.74. The molecule has 0 heterocycles. The number of thioether (sulfide) groups is 2. The van der Waals surface area contributed by atoms with Crippen molar-refractivity contribution in [2.24, 2.45) is 0 Å². The Morgan fingerprint density at radius 2 is 1.56 bits per heavy atom. The Hall–Kier alpha value is -2.39. The molecule has 0 saturated heterocycles. The number of ether oxygens (including phenoxy) is 2. The van der Waals surface area contributed by atoms with Crippen molar-refractivity contribution in [3.63, 3.8) is 0 Å². The minimum absolute atomic E-state index is 0.214. The van der Waals surface area contributed by atoms with Crippen molar-refractivity contribution in [1.82, 2.24) is 10.6 Å². The normalized spacial score (nSPS) is 12.6. The van der Waals surface area contributed by atoms with Crippen LogP contribution in [0, 0.1) is 0 Å². The molecule has 2 aromatic rings. The molecular weight excluding hydrogens is 448 g/mol. The van der Waals surface area contributed by atoms with E-state index in [1.54, 1.807) is 29.6 Å². The van der Waals surface area contributed by atoms with Gasteiger partial charge in [0.2, 0.25) is 5.91 Å². The highest BCUT2D eigenvalue weighted by Crippen LogP contribution is 2.20. The van der Waals surface area contributed by atoms with Crippen molar-refractivity contribution in [3.8, 4) is 5.75 Å². The lowest BCUT2D eigenvalue weighted by Gasteiger charge is -2.22. The van der Waals surface area contributed by atoms with E-state index in [0.717, 1.165) is 10.8 Å². The van der Waals surface area contributed by atoms with Gasteiger partial charge in [-0.15, -0.1) is 0 Å². The van der Waals surface area contributed by atoms with Crippen LogP contribution in [0.2, 0.25) is 0 Å². The van der Waals surface area contributed by atoms with Crippen LogP contribution in [-0.4, -0.2) is 67.6 Å². The molecule has 32 heavy (non-hydrogen) atoms. The molecule has 0 bridgehead atoms. The summed E-state index contributed by atoms with van der Waals surface area (Å²) in [6, 6.07) is 12.0. The number of fused-ring (bicyclic) bond motifs is 1. The zero-order valence-corrected chi connectivity index (χ0v) is 20.2. The number of hydrogen-bond donors (Lipinski definition) is 2. The van der Waals surface area contributed by atoms with Gasteiger partial charge in [-0.1, -0.05) is 30.3 Å². The Morgan fingerprint density at radius 3 is 2.22 bits per heavy atom. The lowest BCUT2D eigenvalue weighted by Crippen LogP contribution is -2.52. The zero-order valence-electron chi connectivity index (χ0n) is 18.6. The van der Waals surface area contributed by atoms with Gasteiger partial charge in [-0.2, -0.15) is 23.5 Å². The van der Waals surface area contributed by atoms with Crippen molar-refractivity contribution in [2.75, 3.05) is 37.7 Å². The minimum atomic E-state index is -0.767. The Labute approximate surface area is 197 Å². The molecule has 7 nitrogen and oxygen atoms in total. The summed E-state index contributed by atoms with van der Waals surface area (Å²) in [6.45, 7) is -0.214. The number of benzene rings is 2. The fraction of sp³-hybridized carbons (Fsp3) is 0.435. The zero-order chi connectivity index (χ0) is 23.3. The maximum atomic E-state index is 12.8. The Kier molecular flexibility index (Phi) is 11.2. The maximum Gasteiger partial charge on any atom is 0.328 e. The molecule has 2 N–H and O–H groups in total. The molecule has 0 aliphatic heterocycles. The van der Waals surface area contributed by atoms with Crippen LogP contribution < -0.4 is 15.4 Å². The molecule has 0 aliphatic rings. The number of esters is 1. The van der Waals surface area contributed by atoms with Gasteiger partial charge < -0.3 is 20.1 Å². The predicted molar refractivity (Wildman–Crippen MR) is 131 cm³/mol. The van der Waals surface area contributed by atoms with E-state index in [0.29, 0.717) is 30.1 Å². The van der Waals surface area contributed by atoms with E-state index >= 15 is 0 Å². The van der Waals surface area contributed by atoms with Crippen molar-refractivity contribution >= 4 is 52.1 Å². The van der Waals surface area contributed by atoms with Crippen LogP contribution in [0.25, 0.3) is 10.8 Å². The summed E-state index contributed by atoms with van der Waals surface area (Å²) in [5, 5.41) is 7.55. The van der Waals surface area contributed by atoms with Crippen LogP contribution in [0.3, 0.4) is 0 Å². The molecule has 2 amide bonds. The molecule has 0 radical (unpaired) electrons. The number of methoxy groups -OCH3 is 1.